The lowest BCUT2D eigenvalue weighted by atomic mass is 9.98. The number of methoxy groups -OCH3 is 1. The van der Waals surface area contributed by atoms with E-state index in [1.807, 2.05) is 13.8 Å². The van der Waals surface area contributed by atoms with Crippen LogP contribution in [0.3, 0.4) is 0 Å². The van der Waals surface area contributed by atoms with Gasteiger partial charge in [0.1, 0.15) is 11.8 Å². The van der Waals surface area contributed by atoms with Gasteiger partial charge in [-0.25, -0.2) is 0 Å². The van der Waals surface area contributed by atoms with E-state index in [0.29, 0.717) is 19.3 Å². The Bertz CT molecular complexity index is 460. The Hall–Kier alpha value is -2.06. The maximum atomic E-state index is 12.1. The second kappa shape index (κ2) is 9.94. The van der Waals surface area contributed by atoms with E-state index in [2.05, 4.69) is 4.74 Å². The number of hydrogen-bond acceptors (Lipinski definition) is 8. The molecule has 1 radical (unpaired) electrons. The average Bonchev–Trinajstić information content (AvgIpc) is 2.54. The van der Waals surface area contributed by atoms with E-state index in [0.717, 1.165) is 20.0 Å². The van der Waals surface area contributed by atoms with Crippen molar-refractivity contribution in [2.24, 2.45) is 11.8 Å². The fourth-order valence-electron chi connectivity index (χ4n) is 2.23. The van der Waals surface area contributed by atoms with Crippen LogP contribution in [-0.2, 0) is 37.9 Å². The second-order valence-electron chi connectivity index (χ2n) is 5.51. The lowest BCUT2D eigenvalue weighted by Gasteiger charge is -2.36. The predicted molar refractivity (Wildman–Crippen MR) is 82.1 cm³/mol. The van der Waals surface area contributed by atoms with E-state index in [4.69, 9.17) is 14.0 Å². The molecule has 1 atom stereocenters. The Morgan fingerprint density at radius 3 is 2.17 bits per heavy atom. The first-order chi connectivity index (χ1) is 11.4. The third-order valence-electron chi connectivity index (χ3n) is 3.67. The van der Waals surface area contributed by atoms with Crippen LogP contribution in [0.5, 0.6) is 0 Å². The van der Waals surface area contributed by atoms with Gasteiger partial charge in [0.2, 0.25) is 0 Å². The molecule has 1 aliphatic rings. The summed E-state index contributed by atoms with van der Waals surface area (Å²) < 4.78 is 19.1. The standard InChI is InChI=1S/C15H23BO8/c1-4-6-8-10(12(17)21-3)13(18)22-16-23-14(19)11(9-7-5-2)15(20)24-16/h10-11H,4-9H2,1-3H3/q-1. The van der Waals surface area contributed by atoms with E-state index in [9.17, 15) is 19.2 Å². The molecule has 0 aliphatic carbocycles. The summed E-state index contributed by atoms with van der Waals surface area (Å²) in [7, 11) is -0.600. The van der Waals surface area contributed by atoms with Crippen LogP contribution in [0, 0.1) is 11.8 Å². The molecular weight excluding hydrogens is 319 g/mol. The third-order valence-corrected chi connectivity index (χ3v) is 3.67. The van der Waals surface area contributed by atoms with Crippen LogP contribution in [0.1, 0.15) is 52.4 Å². The van der Waals surface area contributed by atoms with Gasteiger partial charge >= 0.3 is 13.3 Å². The normalized spacial score (nSPS) is 17.0. The number of ether oxygens (including phenoxy) is 1. The Kier molecular flexibility index (Phi) is 8.28. The molecule has 0 bridgehead atoms. The van der Waals surface area contributed by atoms with Crippen molar-refractivity contribution in [2.45, 2.75) is 52.4 Å². The lowest BCUT2D eigenvalue weighted by molar-refractivity contribution is -0.166. The molecule has 1 heterocycles. The molecule has 1 saturated heterocycles. The molecule has 0 aromatic heterocycles. The maximum Gasteiger partial charge on any atom is 0.526 e. The molecule has 0 aromatic carbocycles. The fraction of sp³-hybridized carbons (Fsp3) is 0.733. The Labute approximate surface area is 141 Å². The highest BCUT2D eigenvalue weighted by atomic mass is 16.8. The van der Waals surface area contributed by atoms with Crippen LogP contribution in [0.25, 0.3) is 0 Å². The number of carbonyl (C=O) groups excluding carboxylic acids is 4. The van der Waals surface area contributed by atoms with Gasteiger partial charge in [0, 0.05) is 0 Å². The number of carbonyl (C=O) groups is 4. The van der Waals surface area contributed by atoms with Crippen LogP contribution in [-0.4, -0.2) is 38.3 Å². The minimum atomic E-state index is -1.76. The fourth-order valence-corrected chi connectivity index (χ4v) is 2.23. The quantitative estimate of drug-likeness (QED) is 0.352. The highest BCUT2D eigenvalue weighted by Crippen LogP contribution is 2.20. The molecule has 8 nitrogen and oxygen atoms in total. The molecule has 0 spiro atoms. The van der Waals surface area contributed by atoms with E-state index < -0.39 is 43.0 Å². The molecule has 1 rings (SSSR count). The lowest BCUT2D eigenvalue weighted by Crippen LogP contribution is -2.47. The van der Waals surface area contributed by atoms with Crippen LogP contribution >= 0.6 is 0 Å². The Morgan fingerprint density at radius 2 is 1.67 bits per heavy atom. The van der Waals surface area contributed by atoms with Crippen LogP contribution in [0.4, 0.5) is 0 Å². The largest absolute Gasteiger partial charge is 0.641 e. The Morgan fingerprint density at radius 1 is 1.08 bits per heavy atom. The molecule has 1 aliphatic heterocycles. The van der Waals surface area contributed by atoms with E-state index >= 15 is 0 Å². The summed E-state index contributed by atoms with van der Waals surface area (Å²) in [6.45, 7) is 3.83. The second-order valence-corrected chi connectivity index (χ2v) is 5.51. The summed E-state index contributed by atoms with van der Waals surface area (Å²) in [6.07, 6.45) is 3.41. The molecule has 1 fully saturated rings. The van der Waals surface area contributed by atoms with E-state index in [1.54, 1.807) is 0 Å². The van der Waals surface area contributed by atoms with E-state index in [1.165, 1.54) is 0 Å². The summed E-state index contributed by atoms with van der Waals surface area (Å²) in [5.41, 5.74) is 0. The third kappa shape index (κ3) is 5.54. The van der Waals surface area contributed by atoms with Gasteiger partial charge in [-0.2, -0.15) is 0 Å². The first kappa shape index (κ1) is 20.0. The topological polar surface area (TPSA) is 105 Å². The molecule has 1 unspecified atom stereocenters. The number of esters is 1. The SMILES string of the molecule is CCCCC(C(=O)OC)C(=O)O[B-]1OC(=O)C(CCCC)C(=O)O1. The summed E-state index contributed by atoms with van der Waals surface area (Å²) >= 11 is 0. The highest BCUT2D eigenvalue weighted by Gasteiger charge is 2.37. The van der Waals surface area contributed by atoms with Crippen LogP contribution in [0.2, 0.25) is 0 Å². The van der Waals surface area contributed by atoms with Crippen molar-refractivity contribution in [3.63, 3.8) is 0 Å². The first-order valence-electron chi connectivity index (χ1n) is 8.13. The van der Waals surface area contributed by atoms with Crippen LogP contribution in [0.15, 0.2) is 0 Å². The summed E-state index contributed by atoms with van der Waals surface area (Å²) in [4.78, 5) is 47.4. The number of rotatable bonds is 9. The minimum absolute atomic E-state index is 0.232. The molecule has 24 heavy (non-hydrogen) atoms. The predicted octanol–water partition coefficient (Wildman–Crippen LogP) is 1.40. The van der Waals surface area contributed by atoms with Crippen molar-refractivity contribution in [3.05, 3.63) is 0 Å². The smallest absolute Gasteiger partial charge is 0.526 e. The van der Waals surface area contributed by atoms with Gasteiger partial charge < -0.3 is 18.7 Å². The number of hydrogen-bond donors (Lipinski definition) is 0. The molecule has 0 amide bonds. The molecule has 9 heteroatoms. The molecular formula is C15H23BO8-. The highest BCUT2D eigenvalue weighted by molar-refractivity contribution is 6.46. The van der Waals surface area contributed by atoms with Crippen molar-refractivity contribution in [1.29, 1.82) is 0 Å². The molecule has 135 valence electrons. The van der Waals surface area contributed by atoms with Crippen molar-refractivity contribution in [2.75, 3.05) is 7.11 Å². The van der Waals surface area contributed by atoms with Gasteiger partial charge in [-0.1, -0.05) is 39.5 Å². The maximum absolute atomic E-state index is 12.1. The molecule has 0 aromatic rings. The summed E-state index contributed by atoms with van der Waals surface area (Å²) in [5, 5.41) is 0. The van der Waals surface area contributed by atoms with Crippen LogP contribution < -0.4 is 0 Å². The number of unbranched alkanes of at least 4 members (excludes halogenated alkanes) is 2. The zero-order valence-corrected chi connectivity index (χ0v) is 14.2. The van der Waals surface area contributed by atoms with Gasteiger partial charge in [0.05, 0.1) is 7.11 Å². The minimum Gasteiger partial charge on any atom is -0.641 e. The first-order valence-corrected chi connectivity index (χ1v) is 8.13. The van der Waals surface area contributed by atoms with Gasteiger partial charge in [-0.3, -0.25) is 19.2 Å². The van der Waals surface area contributed by atoms with Gasteiger partial charge in [-0.05, 0) is 12.8 Å². The van der Waals surface area contributed by atoms with Crippen molar-refractivity contribution < 1.29 is 37.9 Å². The summed E-state index contributed by atoms with van der Waals surface area (Å²) in [6, 6.07) is 0. The van der Waals surface area contributed by atoms with Crippen molar-refractivity contribution in [1.82, 2.24) is 0 Å². The monoisotopic (exact) mass is 342 g/mol. The van der Waals surface area contributed by atoms with Gasteiger partial charge in [0.25, 0.3) is 17.9 Å². The summed E-state index contributed by atoms with van der Waals surface area (Å²) in [5.74, 6) is -5.43. The molecule has 0 N–H and O–H groups in total. The Balaban J connectivity index is 2.64. The average molecular weight is 342 g/mol. The van der Waals surface area contributed by atoms with Crippen molar-refractivity contribution in [3.8, 4) is 0 Å². The van der Waals surface area contributed by atoms with Crippen molar-refractivity contribution >= 4 is 31.2 Å². The zero-order chi connectivity index (χ0) is 18.1. The molecule has 0 saturated carbocycles. The zero-order valence-electron chi connectivity index (χ0n) is 14.2. The van der Waals surface area contributed by atoms with Gasteiger partial charge in [-0.15, -0.1) is 0 Å². The van der Waals surface area contributed by atoms with Gasteiger partial charge in [0.15, 0.2) is 0 Å². The van der Waals surface area contributed by atoms with E-state index in [-0.39, 0.29) is 6.42 Å².